The molecule has 0 aliphatic heterocycles. The maximum absolute atomic E-state index is 1.64. The first-order valence-corrected chi connectivity index (χ1v) is 4.94. The van der Waals surface area contributed by atoms with E-state index < -0.39 is 0 Å². The van der Waals surface area contributed by atoms with Crippen LogP contribution in [0.1, 0.15) is 25.7 Å². The third-order valence-corrected chi connectivity index (χ3v) is 5.69. The Balaban J connectivity index is 1.62. The summed E-state index contributed by atoms with van der Waals surface area (Å²) in [5.74, 6) is 5.18. The Morgan fingerprint density at radius 1 is 1.10 bits per heavy atom. The van der Waals surface area contributed by atoms with Crippen molar-refractivity contribution in [3.8, 4) is 0 Å². The van der Waals surface area contributed by atoms with Crippen LogP contribution in [0.15, 0.2) is 0 Å². The molecule has 5 unspecified atom stereocenters. The van der Waals surface area contributed by atoms with Gasteiger partial charge in [-0.25, -0.2) is 0 Å². The minimum absolute atomic E-state index is 1.08. The van der Waals surface area contributed by atoms with Crippen molar-refractivity contribution in [2.75, 3.05) is 0 Å². The first kappa shape index (κ1) is 4.13. The average Bonchev–Trinajstić information content (AvgIpc) is 2.57. The van der Waals surface area contributed by atoms with Crippen LogP contribution in [0.5, 0.6) is 0 Å². The Morgan fingerprint density at radius 3 is 2.40 bits per heavy atom. The van der Waals surface area contributed by atoms with E-state index in [0.29, 0.717) is 0 Å². The van der Waals surface area contributed by atoms with Crippen molar-refractivity contribution in [1.82, 2.24) is 0 Å². The van der Waals surface area contributed by atoms with Gasteiger partial charge in [-0.1, -0.05) is 0 Å². The first-order valence-electron chi connectivity index (χ1n) is 4.94. The smallest absolute Gasteiger partial charge is 0.0130 e. The highest BCUT2D eigenvalue weighted by Crippen LogP contribution is 3.18. The molecule has 0 heteroatoms. The van der Waals surface area contributed by atoms with Crippen molar-refractivity contribution in [2.45, 2.75) is 25.7 Å². The van der Waals surface area contributed by atoms with Crippen LogP contribution in [0, 0.1) is 34.5 Å². The highest BCUT2D eigenvalue weighted by Gasteiger charge is 3.14. The van der Waals surface area contributed by atoms with Crippen molar-refractivity contribution in [3.05, 3.63) is 0 Å². The van der Waals surface area contributed by atoms with Crippen LogP contribution in [-0.4, -0.2) is 0 Å². The van der Waals surface area contributed by atoms with E-state index in [2.05, 4.69) is 0 Å². The van der Waals surface area contributed by atoms with Gasteiger partial charge in [0.05, 0.1) is 0 Å². The van der Waals surface area contributed by atoms with E-state index in [4.69, 9.17) is 0 Å². The van der Waals surface area contributed by atoms with Gasteiger partial charge in [-0.05, 0) is 60.2 Å². The molecule has 0 saturated heterocycles. The molecular formula is C10H12. The molecule has 10 heavy (non-hydrogen) atoms. The van der Waals surface area contributed by atoms with Crippen LogP contribution in [-0.2, 0) is 0 Å². The summed E-state index contributed by atoms with van der Waals surface area (Å²) in [5, 5.41) is 0. The van der Waals surface area contributed by atoms with Crippen molar-refractivity contribution < 1.29 is 0 Å². The number of hydrogen-bond donors (Lipinski definition) is 0. The third-order valence-electron chi connectivity index (χ3n) is 5.69. The van der Waals surface area contributed by atoms with Gasteiger partial charge in [0, 0.05) is 0 Å². The Labute approximate surface area is 61.0 Å². The molecule has 5 fully saturated rings. The van der Waals surface area contributed by atoms with Crippen LogP contribution >= 0.6 is 0 Å². The zero-order chi connectivity index (χ0) is 6.14. The van der Waals surface area contributed by atoms with Crippen molar-refractivity contribution >= 4 is 0 Å². The molecule has 5 rings (SSSR count). The summed E-state index contributed by atoms with van der Waals surface area (Å²) in [4.78, 5) is 0. The monoisotopic (exact) mass is 132 g/mol. The molecule has 5 aliphatic carbocycles. The van der Waals surface area contributed by atoms with Gasteiger partial charge in [-0.2, -0.15) is 0 Å². The molecule has 0 aromatic carbocycles. The second-order valence-electron chi connectivity index (χ2n) is 5.41. The zero-order valence-electron chi connectivity index (χ0n) is 6.14. The van der Waals surface area contributed by atoms with E-state index in [0.717, 1.165) is 10.8 Å². The maximum Gasteiger partial charge on any atom is -0.0130 e. The van der Waals surface area contributed by atoms with Gasteiger partial charge < -0.3 is 0 Å². The molecule has 5 aliphatic rings. The number of hydrogen-bond acceptors (Lipinski definition) is 0. The Hall–Kier alpha value is 0. The fraction of sp³-hybridized carbons (Fsp3) is 1.00. The first-order chi connectivity index (χ1) is 4.94. The molecule has 0 aromatic heterocycles. The second-order valence-corrected chi connectivity index (χ2v) is 5.41. The van der Waals surface area contributed by atoms with Crippen LogP contribution in [0.4, 0.5) is 0 Å². The normalized spacial score (nSPS) is 85.8. The SMILES string of the molecule is C1CC1C1C2C34CCC3C124. The molecule has 0 heterocycles. The molecule has 0 aromatic rings. The van der Waals surface area contributed by atoms with Crippen LogP contribution in [0.3, 0.4) is 0 Å². The standard InChI is InChI=1S/C10H12/c1-2-5(1)7-8-9-4-3-6(9)10(7,8)9/h5-8H,1-4H2. The van der Waals surface area contributed by atoms with E-state index in [1.54, 1.807) is 25.7 Å². The van der Waals surface area contributed by atoms with E-state index in [-0.39, 0.29) is 0 Å². The summed E-state index contributed by atoms with van der Waals surface area (Å²) in [7, 11) is 0. The molecule has 52 valence electrons. The van der Waals surface area contributed by atoms with Gasteiger partial charge >= 0.3 is 0 Å². The molecule has 5 atom stereocenters. The lowest BCUT2D eigenvalue weighted by Crippen LogP contribution is -2.15. The minimum Gasteiger partial charge on any atom is -0.0499 e. The van der Waals surface area contributed by atoms with Gasteiger partial charge in [0.25, 0.3) is 0 Å². The predicted octanol–water partition coefficient (Wildman–Crippen LogP) is 2.05. The van der Waals surface area contributed by atoms with E-state index >= 15 is 0 Å². The third kappa shape index (κ3) is 0.157. The van der Waals surface area contributed by atoms with Gasteiger partial charge in [0.1, 0.15) is 0 Å². The Bertz CT molecular complexity index is 265. The van der Waals surface area contributed by atoms with Crippen molar-refractivity contribution in [2.24, 2.45) is 34.5 Å². The lowest BCUT2D eigenvalue weighted by atomic mass is 9.82. The lowest BCUT2D eigenvalue weighted by Gasteiger charge is -2.23. The van der Waals surface area contributed by atoms with Gasteiger partial charge in [0.2, 0.25) is 0 Å². The molecule has 0 nitrogen and oxygen atoms in total. The highest BCUT2D eigenvalue weighted by molar-refractivity contribution is 5.60. The van der Waals surface area contributed by atoms with E-state index in [9.17, 15) is 0 Å². The topological polar surface area (TPSA) is 0 Å². The molecule has 2 spiro atoms. The van der Waals surface area contributed by atoms with Gasteiger partial charge in [-0.3, -0.25) is 0 Å². The largest absolute Gasteiger partial charge is 0.0499 e. The van der Waals surface area contributed by atoms with Crippen LogP contribution < -0.4 is 0 Å². The summed E-state index contributed by atoms with van der Waals surface area (Å²) in [6.07, 6.45) is 6.47. The fourth-order valence-corrected chi connectivity index (χ4v) is 5.21. The Morgan fingerprint density at radius 2 is 2.00 bits per heavy atom. The van der Waals surface area contributed by atoms with Crippen LogP contribution in [0.2, 0.25) is 0 Å². The summed E-state index contributed by atoms with van der Waals surface area (Å²) in [6, 6.07) is 0. The molecule has 5 saturated carbocycles. The van der Waals surface area contributed by atoms with Gasteiger partial charge in [-0.15, -0.1) is 0 Å². The summed E-state index contributed by atoms with van der Waals surface area (Å²) in [5.41, 5.74) is 2.18. The molecule has 0 N–H and O–H groups in total. The second kappa shape index (κ2) is 0.735. The lowest BCUT2D eigenvalue weighted by molar-refractivity contribution is 0.260. The Kier molecular flexibility index (Phi) is 0.304. The van der Waals surface area contributed by atoms with Crippen molar-refractivity contribution in [3.63, 3.8) is 0 Å². The quantitative estimate of drug-likeness (QED) is 0.512. The summed E-state index contributed by atoms with van der Waals surface area (Å²) >= 11 is 0. The van der Waals surface area contributed by atoms with E-state index in [1.165, 1.54) is 23.7 Å². The molecular weight excluding hydrogens is 120 g/mol. The minimum atomic E-state index is 1.08. The highest BCUT2D eigenvalue weighted by atomic mass is 15.2. The molecule has 0 radical (unpaired) electrons. The molecule has 0 amide bonds. The summed E-state index contributed by atoms with van der Waals surface area (Å²) < 4.78 is 0. The van der Waals surface area contributed by atoms with E-state index in [1.807, 2.05) is 0 Å². The van der Waals surface area contributed by atoms with Crippen LogP contribution in [0.25, 0.3) is 0 Å². The zero-order valence-corrected chi connectivity index (χ0v) is 6.14. The molecule has 0 bridgehead atoms. The van der Waals surface area contributed by atoms with Crippen molar-refractivity contribution in [1.29, 1.82) is 0 Å². The number of rotatable bonds is 1. The maximum atomic E-state index is 1.64. The predicted molar refractivity (Wildman–Crippen MR) is 37.3 cm³/mol. The fourth-order valence-electron chi connectivity index (χ4n) is 5.21. The average molecular weight is 132 g/mol. The van der Waals surface area contributed by atoms with Gasteiger partial charge in [0.15, 0.2) is 0 Å². The summed E-state index contributed by atoms with van der Waals surface area (Å²) in [6.45, 7) is 0.